The number of hydrogen-bond acceptors (Lipinski definition) is 6. The van der Waals surface area contributed by atoms with Crippen LogP contribution >= 0.6 is 0 Å². The van der Waals surface area contributed by atoms with Crippen molar-refractivity contribution in [2.75, 3.05) is 13.7 Å². The number of hydrogen-bond donors (Lipinski definition) is 4. The lowest BCUT2D eigenvalue weighted by molar-refractivity contribution is -0.192. The first-order valence-electron chi connectivity index (χ1n) is 9.25. The number of benzene rings is 2. The van der Waals surface area contributed by atoms with Crippen LogP contribution < -0.4 is 15.8 Å². The van der Waals surface area contributed by atoms with Crippen LogP contribution in [0.2, 0.25) is 0 Å². The summed E-state index contributed by atoms with van der Waals surface area (Å²) in [5, 5.41) is 17.2. The molecule has 0 heterocycles. The van der Waals surface area contributed by atoms with Gasteiger partial charge in [-0.1, -0.05) is 12.1 Å². The molecule has 9 nitrogen and oxygen atoms in total. The number of carboxylic acids is 1. The largest absolute Gasteiger partial charge is 0.490 e. The molecule has 0 atom stereocenters. The predicted octanol–water partition coefficient (Wildman–Crippen LogP) is 2.48. The number of alkyl halides is 3. The molecule has 0 spiro atoms. The van der Waals surface area contributed by atoms with Crippen LogP contribution in [-0.4, -0.2) is 48.6 Å². The normalized spacial score (nSPS) is 10.3. The van der Waals surface area contributed by atoms with Gasteiger partial charge in [0, 0.05) is 17.7 Å². The maximum Gasteiger partial charge on any atom is 0.490 e. The molecule has 0 aliphatic carbocycles. The molecule has 5 N–H and O–H groups in total. The van der Waals surface area contributed by atoms with E-state index in [4.69, 9.17) is 25.8 Å². The van der Waals surface area contributed by atoms with E-state index in [9.17, 15) is 22.8 Å². The number of methoxy groups -OCH3 is 1. The fraction of sp³-hybridized carbons (Fsp3) is 0.238. The van der Waals surface area contributed by atoms with Gasteiger partial charge in [-0.2, -0.15) is 13.2 Å². The molecule has 0 aliphatic heterocycles. The lowest BCUT2D eigenvalue weighted by Crippen LogP contribution is -2.26. The van der Waals surface area contributed by atoms with Gasteiger partial charge in [-0.05, 0) is 42.0 Å². The fourth-order valence-corrected chi connectivity index (χ4v) is 2.18. The summed E-state index contributed by atoms with van der Waals surface area (Å²) in [5.74, 6) is -2.75. The van der Waals surface area contributed by atoms with E-state index in [0.29, 0.717) is 23.5 Å². The minimum absolute atomic E-state index is 0.00228. The Bertz CT molecular complexity index is 978. The summed E-state index contributed by atoms with van der Waals surface area (Å²) in [6.45, 7) is 0.511. The zero-order valence-corrected chi connectivity index (χ0v) is 17.4. The van der Waals surface area contributed by atoms with Crippen LogP contribution in [0.5, 0.6) is 5.75 Å². The van der Waals surface area contributed by atoms with E-state index in [1.807, 2.05) is 6.07 Å². The number of amidine groups is 1. The zero-order chi connectivity index (χ0) is 25.0. The lowest BCUT2D eigenvalue weighted by Gasteiger charge is -2.09. The summed E-state index contributed by atoms with van der Waals surface area (Å²) in [4.78, 5) is 32.1. The first-order valence-corrected chi connectivity index (χ1v) is 9.25. The topological polar surface area (TPSA) is 152 Å². The lowest BCUT2D eigenvalue weighted by atomic mass is 10.1. The van der Waals surface area contributed by atoms with Gasteiger partial charge in [0.2, 0.25) is 0 Å². The molecule has 12 heteroatoms. The zero-order valence-electron chi connectivity index (χ0n) is 17.4. The number of nitrogen functional groups attached to an aromatic ring is 1. The Kier molecular flexibility index (Phi) is 10.4. The first kappa shape index (κ1) is 26.9. The minimum atomic E-state index is -5.08. The summed E-state index contributed by atoms with van der Waals surface area (Å²) in [7, 11) is 1.31. The minimum Gasteiger partial charge on any atom is -0.489 e. The van der Waals surface area contributed by atoms with Crippen LogP contribution in [-0.2, 0) is 20.9 Å². The van der Waals surface area contributed by atoms with Crippen LogP contribution in [0, 0.1) is 5.41 Å². The SMILES string of the molecule is COC(=O)CCNC(=O)c1cccc(COc2ccc(C(=N)N)cc2)c1.O=C(O)C(F)(F)F. The highest BCUT2D eigenvalue weighted by molar-refractivity contribution is 5.95. The number of rotatable bonds is 8. The van der Waals surface area contributed by atoms with E-state index in [2.05, 4.69) is 10.1 Å². The molecular weight excluding hydrogens is 447 g/mol. The Morgan fingerprint density at radius 3 is 2.21 bits per heavy atom. The van der Waals surface area contributed by atoms with Gasteiger partial charge in [-0.3, -0.25) is 15.0 Å². The fourth-order valence-electron chi connectivity index (χ4n) is 2.18. The molecule has 2 aromatic carbocycles. The Hall–Kier alpha value is -4.09. The standard InChI is InChI=1S/C19H21N3O4.C2HF3O2/c1-25-17(23)9-10-22-19(24)15-4-2-3-13(11-15)12-26-16-7-5-14(6-8-16)18(20)21;3-2(4,5)1(6)7/h2-8,11H,9-10,12H2,1H3,(H3,20,21)(H,22,24);(H,6,7). The third-order valence-electron chi connectivity index (χ3n) is 3.84. The summed E-state index contributed by atoms with van der Waals surface area (Å²) < 4.78 is 41.9. The van der Waals surface area contributed by atoms with Gasteiger partial charge in [-0.25, -0.2) is 4.79 Å². The molecule has 0 bridgehead atoms. The van der Waals surface area contributed by atoms with Crippen LogP contribution in [0.15, 0.2) is 48.5 Å². The number of nitrogens with two attached hydrogens (primary N) is 1. The maximum atomic E-state index is 12.1. The number of esters is 1. The Labute approximate surface area is 186 Å². The first-order chi connectivity index (χ1) is 15.4. The molecule has 1 amide bonds. The van der Waals surface area contributed by atoms with E-state index in [1.165, 1.54) is 7.11 Å². The number of carboxylic acid groups (broad SMARTS) is 1. The van der Waals surface area contributed by atoms with Crippen LogP contribution in [0.3, 0.4) is 0 Å². The molecule has 0 radical (unpaired) electrons. The van der Waals surface area contributed by atoms with Crippen molar-refractivity contribution in [2.24, 2.45) is 5.73 Å². The number of carbonyl (C=O) groups is 3. The van der Waals surface area contributed by atoms with E-state index < -0.39 is 12.1 Å². The van der Waals surface area contributed by atoms with Gasteiger partial charge in [-0.15, -0.1) is 0 Å². The molecule has 2 aromatic rings. The third kappa shape index (κ3) is 10.2. The van der Waals surface area contributed by atoms with Crippen molar-refractivity contribution >= 4 is 23.7 Å². The number of amides is 1. The number of ether oxygens (including phenoxy) is 2. The number of aliphatic carboxylic acids is 1. The van der Waals surface area contributed by atoms with Crippen LogP contribution in [0.1, 0.15) is 27.9 Å². The second-order valence-electron chi connectivity index (χ2n) is 6.31. The van der Waals surface area contributed by atoms with Gasteiger partial charge >= 0.3 is 18.1 Å². The molecule has 0 saturated carbocycles. The quantitative estimate of drug-likeness (QED) is 0.263. The summed E-state index contributed by atoms with van der Waals surface area (Å²) in [5.41, 5.74) is 7.36. The van der Waals surface area contributed by atoms with Crippen molar-refractivity contribution in [1.29, 1.82) is 5.41 Å². The van der Waals surface area contributed by atoms with Gasteiger partial charge < -0.3 is 25.6 Å². The molecular formula is C21H22F3N3O6. The Balaban J connectivity index is 0.000000675. The van der Waals surface area contributed by atoms with Crippen molar-refractivity contribution < 1.29 is 42.1 Å². The highest BCUT2D eigenvalue weighted by atomic mass is 19.4. The van der Waals surface area contributed by atoms with Crippen molar-refractivity contribution in [3.8, 4) is 5.75 Å². The molecule has 0 aliphatic rings. The van der Waals surface area contributed by atoms with Gasteiger partial charge in [0.25, 0.3) is 5.91 Å². The molecule has 178 valence electrons. The van der Waals surface area contributed by atoms with E-state index in [0.717, 1.165) is 5.56 Å². The number of carbonyl (C=O) groups excluding carboxylic acids is 2. The van der Waals surface area contributed by atoms with Crippen molar-refractivity contribution in [1.82, 2.24) is 5.32 Å². The molecule has 33 heavy (non-hydrogen) atoms. The maximum absolute atomic E-state index is 12.1. The highest BCUT2D eigenvalue weighted by Crippen LogP contribution is 2.15. The summed E-state index contributed by atoms with van der Waals surface area (Å²) >= 11 is 0. The average Bonchev–Trinajstić information content (AvgIpc) is 2.77. The van der Waals surface area contributed by atoms with Crippen molar-refractivity contribution in [2.45, 2.75) is 19.2 Å². The number of halogens is 3. The van der Waals surface area contributed by atoms with E-state index in [1.54, 1.807) is 42.5 Å². The highest BCUT2D eigenvalue weighted by Gasteiger charge is 2.38. The second-order valence-corrected chi connectivity index (χ2v) is 6.31. The Morgan fingerprint density at radius 2 is 1.70 bits per heavy atom. The predicted molar refractivity (Wildman–Crippen MR) is 111 cm³/mol. The van der Waals surface area contributed by atoms with Crippen molar-refractivity contribution in [3.05, 3.63) is 65.2 Å². The molecule has 0 aromatic heterocycles. The summed E-state index contributed by atoms with van der Waals surface area (Å²) in [6.07, 6.45) is -4.96. The molecule has 2 rings (SSSR count). The van der Waals surface area contributed by atoms with E-state index in [-0.39, 0.29) is 30.7 Å². The molecule has 0 fully saturated rings. The summed E-state index contributed by atoms with van der Waals surface area (Å²) in [6, 6.07) is 13.9. The van der Waals surface area contributed by atoms with Gasteiger partial charge in [0.05, 0.1) is 13.5 Å². The van der Waals surface area contributed by atoms with Gasteiger partial charge in [0.1, 0.15) is 18.2 Å². The molecule has 0 unspecified atom stereocenters. The third-order valence-corrected chi connectivity index (χ3v) is 3.84. The smallest absolute Gasteiger partial charge is 0.489 e. The molecule has 0 saturated heterocycles. The van der Waals surface area contributed by atoms with E-state index >= 15 is 0 Å². The average molecular weight is 469 g/mol. The monoisotopic (exact) mass is 469 g/mol. The van der Waals surface area contributed by atoms with Crippen LogP contribution in [0.25, 0.3) is 0 Å². The van der Waals surface area contributed by atoms with Crippen LogP contribution in [0.4, 0.5) is 13.2 Å². The Morgan fingerprint density at radius 1 is 1.09 bits per heavy atom. The van der Waals surface area contributed by atoms with Gasteiger partial charge in [0.15, 0.2) is 0 Å². The number of nitrogens with one attached hydrogen (secondary N) is 2. The second kappa shape index (κ2) is 12.7. The van der Waals surface area contributed by atoms with Crippen molar-refractivity contribution in [3.63, 3.8) is 0 Å².